The fourth-order valence-electron chi connectivity index (χ4n) is 2.04. The monoisotopic (exact) mass is 241 g/mol. The molecule has 3 heteroatoms. The summed E-state index contributed by atoms with van der Waals surface area (Å²) in [7, 11) is 2.06. The molecule has 82 valence electrons. The van der Waals surface area contributed by atoms with E-state index in [0.29, 0.717) is 6.04 Å². The number of nitrogens with one attached hydrogen (secondary N) is 1. The number of halogens is 1. The van der Waals surface area contributed by atoms with Gasteiger partial charge in [0, 0.05) is 16.8 Å². The van der Waals surface area contributed by atoms with Gasteiger partial charge in [0.1, 0.15) is 0 Å². The number of benzene rings is 1. The minimum Gasteiger partial charge on any atom is -0.316 e. The second-order valence-corrected chi connectivity index (χ2v) is 5.53. The van der Waals surface area contributed by atoms with Crippen LogP contribution in [0.5, 0.6) is 0 Å². The lowest BCUT2D eigenvalue weighted by Gasteiger charge is -2.17. The van der Waals surface area contributed by atoms with E-state index < -0.39 is 0 Å². The van der Waals surface area contributed by atoms with E-state index in [0.717, 1.165) is 17.4 Å². The average Bonchev–Trinajstić information content (AvgIpc) is 2.69. The van der Waals surface area contributed by atoms with Crippen LogP contribution in [0.3, 0.4) is 0 Å². The zero-order valence-corrected chi connectivity index (χ0v) is 10.4. The molecule has 2 atom stereocenters. The third-order valence-corrected chi connectivity index (χ3v) is 4.49. The van der Waals surface area contributed by atoms with Crippen LogP contribution in [0.1, 0.15) is 5.56 Å². The second-order valence-electron chi connectivity index (χ2n) is 4.02. The summed E-state index contributed by atoms with van der Waals surface area (Å²) in [6.07, 6.45) is 1.16. The van der Waals surface area contributed by atoms with Crippen LogP contribution in [0.15, 0.2) is 24.3 Å². The maximum atomic E-state index is 5.87. The van der Waals surface area contributed by atoms with E-state index in [1.54, 1.807) is 0 Å². The van der Waals surface area contributed by atoms with Crippen LogP contribution in [0, 0.1) is 5.92 Å². The van der Waals surface area contributed by atoms with Gasteiger partial charge in [-0.3, -0.25) is 0 Å². The van der Waals surface area contributed by atoms with E-state index in [9.17, 15) is 0 Å². The molecular formula is C12H16ClNS. The quantitative estimate of drug-likeness (QED) is 0.874. The Bertz CT molecular complexity index is 312. The van der Waals surface area contributed by atoms with E-state index in [1.807, 2.05) is 23.9 Å². The van der Waals surface area contributed by atoms with Crippen LogP contribution >= 0.6 is 23.4 Å². The third-order valence-electron chi connectivity index (χ3n) is 2.98. The molecule has 1 aromatic rings. The topological polar surface area (TPSA) is 12.0 Å². The molecule has 1 aromatic carbocycles. The van der Waals surface area contributed by atoms with Crippen molar-refractivity contribution in [2.24, 2.45) is 5.92 Å². The summed E-state index contributed by atoms with van der Waals surface area (Å²) < 4.78 is 0. The van der Waals surface area contributed by atoms with Gasteiger partial charge in [-0.2, -0.15) is 11.8 Å². The Morgan fingerprint density at radius 2 is 2.07 bits per heavy atom. The van der Waals surface area contributed by atoms with Crippen molar-refractivity contribution in [3.8, 4) is 0 Å². The lowest BCUT2D eigenvalue weighted by atomic mass is 9.95. The van der Waals surface area contributed by atoms with Gasteiger partial charge in [-0.05, 0) is 42.8 Å². The zero-order chi connectivity index (χ0) is 10.7. The Morgan fingerprint density at radius 1 is 1.33 bits per heavy atom. The highest BCUT2D eigenvalue weighted by molar-refractivity contribution is 7.99. The molecule has 0 radical (unpaired) electrons. The first-order valence-electron chi connectivity index (χ1n) is 5.29. The molecule has 2 rings (SSSR count). The molecule has 1 heterocycles. The van der Waals surface area contributed by atoms with E-state index in [1.165, 1.54) is 17.1 Å². The molecule has 2 unspecified atom stereocenters. The fourth-order valence-corrected chi connectivity index (χ4v) is 3.65. The van der Waals surface area contributed by atoms with Gasteiger partial charge in [0.05, 0.1) is 0 Å². The zero-order valence-electron chi connectivity index (χ0n) is 8.87. The first kappa shape index (κ1) is 11.3. The Hall–Kier alpha value is -0.180. The summed E-state index contributed by atoms with van der Waals surface area (Å²) in [6, 6.07) is 8.90. The predicted molar refractivity (Wildman–Crippen MR) is 68.8 cm³/mol. The summed E-state index contributed by atoms with van der Waals surface area (Å²) in [5.74, 6) is 3.28. The molecule has 0 aliphatic carbocycles. The molecule has 0 spiro atoms. The van der Waals surface area contributed by atoms with Crippen LogP contribution in [-0.4, -0.2) is 24.6 Å². The molecule has 1 nitrogen and oxygen atoms in total. The number of hydrogen-bond acceptors (Lipinski definition) is 2. The van der Waals surface area contributed by atoms with Crippen molar-refractivity contribution in [1.29, 1.82) is 0 Å². The van der Waals surface area contributed by atoms with Crippen LogP contribution in [-0.2, 0) is 6.42 Å². The van der Waals surface area contributed by atoms with Crippen LogP contribution in [0.25, 0.3) is 0 Å². The van der Waals surface area contributed by atoms with Crippen molar-refractivity contribution in [2.45, 2.75) is 12.5 Å². The van der Waals surface area contributed by atoms with Gasteiger partial charge in [0.25, 0.3) is 0 Å². The highest BCUT2D eigenvalue weighted by atomic mass is 35.5. The van der Waals surface area contributed by atoms with Crippen LogP contribution < -0.4 is 5.32 Å². The van der Waals surface area contributed by atoms with Crippen molar-refractivity contribution in [1.82, 2.24) is 5.32 Å². The van der Waals surface area contributed by atoms with Gasteiger partial charge in [-0.25, -0.2) is 0 Å². The van der Waals surface area contributed by atoms with Crippen molar-refractivity contribution in [3.63, 3.8) is 0 Å². The van der Waals surface area contributed by atoms with Crippen LogP contribution in [0.4, 0.5) is 0 Å². The summed E-state index contributed by atoms with van der Waals surface area (Å²) in [4.78, 5) is 0. The molecule has 0 bridgehead atoms. The molecule has 1 aliphatic heterocycles. The average molecular weight is 242 g/mol. The molecular weight excluding hydrogens is 226 g/mol. The van der Waals surface area contributed by atoms with E-state index in [4.69, 9.17) is 11.6 Å². The molecule has 0 saturated carbocycles. The van der Waals surface area contributed by atoms with Crippen molar-refractivity contribution < 1.29 is 0 Å². The predicted octanol–water partition coefficient (Wildman–Crippen LogP) is 2.83. The van der Waals surface area contributed by atoms with Gasteiger partial charge in [0.2, 0.25) is 0 Å². The molecule has 1 saturated heterocycles. The SMILES string of the molecule is CNC1CSCC1Cc1ccc(Cl)cc1. The minimum absolute atomic E-state index is 0.672. The third kappa shape index (κ3) is 2.90. The van der Waals surface area contributed by atoms with Gasteiger partial charge >= 0.3 is 0 Å². The molecule has 1 aliphatic rings. The highest BCUT2D eigenvalue weighted by Crippen LogP contribution is 2.27. The van der Waals surface area contributed by atoms with Gasteiger partial charge < -0.3 is 5.32 Å². The number of rotatable bonds is 3. The largest absolute Gasteiger partial charge is 0.316 e. The Balaban J connectivity index is 1.99. The van der Waals surface area contributed by atoms with Crippen molar-refractivity contribution >= 4 is 23.4 Å². The summed E-state index contributed by atoms with van der Waals surface area (Å²) in [5, 5.41) is 4.22. The molecule has 0 aromatic heterocycles. The summed E-state index contributed by atoms with van der Waals surface area (Å²) >= 11 is 7.92. The van der Waals surface area contributed by atoms with E-state index in [2.05, 4.69) is 24.5 Å². The maximum absolute atomic E-state index is 5.87. The molecule has 0 amide bonds. The van der Waals surface area contributed by atoms with Gasteiger partial charge in [0.15, 0.2) is 0 Å². The van der Waals surface area contributed by atoms with E-state index in [-0.39, 0.29) is 0 Å². The lowest BCUT2D eigenvalue weighted by Crippen LogP contribution is -2.33. The first-order valence-corrected chi connectivity index (χ1v) is 6.82. The fraction of sp³-hybridized carbons (Fsp3) is 0.500. The lowest BCUT2D eigenvalue weighted by molar-refractivity contribution is 0.453. The van der Waals surface area contributed by atoms with Gasteiger partial charge in [-0.1, -0.05) is 23.7 Å². The first-order chi connectivity index (χ1) is 7.29. The van der Waals surface area contributed by atoms with Crippen molar-refractivity contribution in [2.75, 3.05) is 18.6 Å². The molecule has 1 N–H and O–H groups in total. The van der Waals surface area contributed by atoms with E-state index >= 15 is 0 Å². The Kier molecular flexibility index (Phi) is 3.95. The summed E-state index contributed by atoms with van der Waals surface area (Å²) in [5.41, 5.74) is 1.40. The Labute approximate surface area is 101 Å². The maximum Gasteiger partial charge on any atom is 0.0406 e. The second kappa shape index (κ2) is 5.24. The standard InChI is InChI=1S/C12H16ClNS/c1-14-12-8-15-7-10(12)6-9-2-4-11(13)5-3-9/h2-5,10,12,14H,6-8H2,1H3. The molecule has 1 fully saturated rings. The highest BCUT2D eigenvalue weighted by Gasteiger charge is 2.26. The Morgan fingerprint density at radius 3 is 2.73 bits per heavy atom. The number of hydrogen-bond donors (Lipinski definition) is 1. The van der Waals surface area contributed by atoms with Crippen LogP contribution in [0.2, 0.25) is 5.02 Å². The number of thioether (sulfide) groups is 1. The minimum atomic E-state index is 0.672. The molecule has 15 heavy (non-hydrogen) atoms. The van der Waals surface area contributed by atoms with Gasteiger partial charge in [-0.15, -0.1) is 0 Å². The summed E-state index contributed by atoms with van der Waals surface area (Å²) in [6.45, 7) is 0. The van der Waals surface area contributed by atoms with Crippen molar-refractivity contribution in [3.05, 3.63) is 34.9 Å². The normalized spacial score (nSPS) is 25.7. The smallest absolute Gasteiger partial charge is 0.0406 e.